The molecule has 0 radical (unpaired) electrons. The monoisotopic (exact) mass is 382 g/mol. The number of ether oxygens (including phenoxy) is 1. The number of urea groups is 1. The van der Waals surface area contributed by atoms with Crippen LogP contribution in [0.25, 0.3) is 0 Å². The minimum atomic E-state index is -0.281. The second-order valence-corrected chi connectivity index (χ2v) is 6.85. The smallest absolute Gasteiger partial charge is 0.315 e. The molecule has 7 nitrogen and oxygen atoms in total. The zero-order valence-corrected chi connectivity index (χ0v) is 16.0. The van der Waals surface area contributed by atoms with Crippen LogP contribution in [0.1, 0.15) is 40.2 Å². The largest absolute Gasteiger partial charge is 0.376 e. The van der Waals surface area contributed by atoms with E-state index in [2.05, 4.69) is 20.9 Å². The molecule has 148 valence electrons. The van der Waals surface area contributed by atoms with Gasteiger partial charge in [0.2, 0.25) is 0 Å². The Morgan fingerprint density at radius 1 is 1.11 bits per heavy atom. The van der Waals surface area contributed by atoms with Gasteiger partial charge in [-0.1, -0.05) is 18.2 Å². The van der Waals surface area contributed by atoms with Crippen molar-refractivity contribution in [3.8, 4) is 0 Å². The molecule has 1 fully saturated rings. The molecule has 1 unspecified atom stereocenters. The predicted molar refractivity (Wildman–Crippen MR) is 106 cm³/mol. The Balaban J connectivity index is 1.44. The van der Waals surface area contributed by atoms with Crippen molar-refractivity contribution >= 4 is 11.9 Å². The van der Waals surface area contributed by atoms with Gasteiger partial charge in [0.05, 0.1) is 18.3 Å². The average molecular weight is 382 g/mol. The van der Waals surface area contributed by atoms with Gasteiger partial charge in [-0.2, -0.15) is 0 Å². The van der Waals surface area contributed by atoms with Gasteiger partial charge >= 0.3 is 6.03 Å². The van der Waals surface area contributed by atoms with Crippen LogP contribution in [-0.4, -0.2) is 36.2 Å². The summed E-state index contributed by atoms with van der Waals surface area (Å²) in [4.78, 5) is 28.6. The molecule has 7 heteroatoms. The molecule has 1 aromatic heterocycles. The van der Waals surface area contributed by atoms with Crippen LogP contribution in [0.2, 0.25) is 0 Å². The number of aromatic nitrogens is 1. The van der Waals surface area contributed by atoms with Gasteiger partial charge in [0.15, 0.2) is 0 Å². The van der Waals surface area contributed by atoms with E-state index >= 15 is 0 Å². The second-order valence-electron chi connectivity index (χ2n) is 6.85. The molecule has 3 rings (SSSR count). The van der Waals surface area contributed by atoms with Crippen molar-refractivity contribution in [2.24, 2.45) is 0 Å². The van der Waals surface area contributed by atoms with Crippen LogP contribution >= 0.6 is 0 Å². The van der Waals surface area contributed by atoms with Gasteiger partial charge < -0.3 is 20.7 Å². The highest BCUT2D eigenvalue weighted by atomic mass is 16.5. The molecule has 3 amide bonds. The summed E-state index contributed by atoms with van der Waals surface area (Å²) in [6.45, 7) is 3.90. The molecule has 1 atom stereocenters. The van der Waals surface area contributed by atoms with Crippen LogP contribution in [0, 0.1) is 6.92 Å². The maximum absolute atomic E-state index is 12.3. The van der Waals surface area contributed by atoms with Gasteiger partial charge in [-0.15, -0.1) is 0 Å². The van der Waals surface area contributed by atoms with Crippen molar-refractivity contribution in [2.45, 2.75) is 39.0 Å². The Kier molecular flexibility index (Phi) is 6.97. The summed E-state index contributed by atoms with van der Waals surface area (Å²) in [5, 5.41) is 8.48. The molecule has 1 aliphatic rings. The lowest BCUT2D eigenvalue weighted by molar-refractivity contribution is 0.0857. The van der Waals surface area contributed by atoms with E-state index in [1.54, 1.807) is 12.1 Å². The van der Waals surface area contributed by atoms with Crippen molar-refractivity contribution in [1.29, 1.82) is 0 Å². The van der Waals surface area contributed by atoms with Gasteiger partial charge in [-0.3, -0.25) is 9.78 Å². The molecule has 1 aromatic carbocycles. The maximum atomic E-state index is 12.3. The number of hydrogen-bond donors (Lipinski definition) is 3. The van der Waals surface area contributed by atoms with Gasteiger partial charge in [-0.25, -0.2) is 4.79 Å². The lowest BCUT2D eigenvalue weighted by atomic mass is 10.1. The standard InChI is InChI=1S/C21H26N4O3/c1-15-5-2-8-18(25-15)13-24-21(27)23-12-16-6-3-7-17(11-16)20(26)22-14-19-9-4-10-28-19/h2-3,5-8,11,19H,4,9-10,12-14H2,1H3,(H,22,26)(H2,23,24,27). The van der Waals surface area contributed by atoms with Crippen LogP contribution in [0.3, 0.4) is 0 Å². The van der Waals surface area contributed by atoms with Gasteiger partial charge in [0, 0.05) is 31.0 Å². The van der Waals surface area contributed by atoms with E-state index in [4.69, 9.17) is 4.74 Å². The Bertz CT molecular complexity index is 819. The third-order valence-corrected chi connectivity index (χ3v) is 4.53. The first-order valence-electron chi connectivity index (χ1n) is 9.53. The third-order valence-electron chi connectivity index (χ3n) is 4.53. The molecule has 3 N–H and O–H groups in total. The number of aryl methyl sites for hydroxylation is 1. The maximum Gasteiger partial charge on any atom is 0.315 e. The quantitative estimate of drug-likeness (QED) is 0.685. The van der Waals surface area contributed by atoms with E-state index in [0.717, 1.165) is 36.4 Å². The number of carbonyl (C=O) groups is 2. The normalized spacial score (nSPS) is 15.8. The SMILES string of the molecule is Cc1cccc(CNC(=O)NCc2cccc(C(=O)NCC3CCCO3)c2)n1. The highest BCUT2D eigenvalue weighted by Gasteiger charge is 2.16. The molecular formula is C21H26N4O3. The molecule has 0 bridgehead atoms. The van der Waals surface area contributed by atoms with Crippen LogP contribution in [0.5, 0.6) is 0 Å². The number of nitrogens with zero attached hydrogens (tertiary/aromatic N) is 1. The third kappa shape index (κ3) is 6.06. The van der Waals surface area contributed by atoms with Crippen LogP contribution in [0.4, 0.5) is 4.79 Å². The molecule has 2 heterocycles. The molecule has 1 aliphatic heterocycles. The fourth-order valence-electron chi connectivity index (χ4n) is 3.05. The van der Waals surface area contributed by atoms with Crippen LogP contribution in [0.15, 0.2) is 42.5 Å². The summed E-state index contributed by atoms with van der Waals surface area (Å²) >= 11 is 0. The zero-order valence-electron chi connectivity index (χ0n) is 16.0. The molecule has 0 aliphatic carbocycles. The first-order valence-corrected chi connectivity index (χ1v) is 9.53. The number of hydrogen-bond acceptors (Lipinski definition) is 4. The minimum Gasteiger partial charge on any atom is -0.376 e. The van der Waals surface area contributed by atoms with Crippen molar-refractivity contribution in [1.82, 2.24) is 20.9 Å². The number of pyridine rings is 1. The average Bonchev–Trinajstić information content (AvgIpc) is 3.23. The number of carbonyl (C=O) groups excluding carboxylic acids is 2. The molecule has 1 saturated heterocycles. The van der Waals surface area contributed by atoms with E-state index in [0.29, 0.717) is 25.2 Å². The summed E-state index contributed by atoms with van der Waals surface area (Å²) in [6.07, 6.45) is 2.14. The summed E-state index contributed by atoms with van der Waals surface area (Å²) in [7, 11) is 0. The number of amides is 3. The van der Waals surface area contributed by atoms with E-state index in [9.17, 15) is 9.59 Å². The van der Waals surface area contributed by atoms with Gasteiger partial charge in [-0.05, 0) is 49.6 Å². The Morgan fingerprint density at radius 3 is 2.71 bits per heavy atom. The minimum absolute atomic E-state index is 0.111. The van der Waals surface area contributed by atoms with Crippen molar-refractivity contribution in [2.75, 3.05) is 13.2 Å². The Morgan fingerprint density at radius 2 is 1.93 bits per heavy atom. The predicted octanol–water partition coefficient (Wildman–Crippen LogP) is 2.30. The number of rotatable bonds is 7. The lowest BCUT2D eigenvalue weighted by Crippen LogP contribution is -2.35. The molecule has 0 spiro atoms. The summed E-state index contributed by atoms with van der Waals surface area (Å²) in [5.41, 5.74) is 3.14. The van der Waals surface area contributed by atoms with E-state index in [1.165, 1.54) is 0 Å². The van der Waals surface area contributed by atoms with E-state index in [-0.39, 0.29) is 18.0 Å². The number of nitrogens with one attached hydrogen (secondary N) is 3. The van der Waals surface area contributed by atoms with Crippen LogP contribution < -0.4 is 16.0 Å². The van der Waals surface area contributed by atoms with E-state index in [1.807, 2.05) is 37.3 Å². The lowest BCUT2D eigenvalue weighted by Gasteiger charge is -2.12. The summed E-state index contributed by atoms with van der Waals surface area (Å²) in [6, 6.07) is 12.6. The highest BCUT2D eigenvalue weighted by molar-refractivity contribution is 5.94. The van der Waals surface area contributed by atoms with E-state index < -0.39 is 0 Å². The first kappa shape index (κ1) is 19.8. The van der Waals surface area contributed by atoms with Crippen LogP contribution in [-0.2, 0) is 17.8 Å². The summed E-state index contributed by atoms with van der Waals surface area (Å²) < 4.78 is 5.52. The summed E-state index contributed by atoms with van der Waals surface area (Å²) in [5.74, 6) is -0.132. The van der Waals surface area contributed by atoms with Crippen molar-refractivity contribution in [3.63, 3.8) is 0 Å². The van der Waals surface area contributed by atoms with Gasteiger partial charge in [0.25, 0.3) is 5.91 Å². The second kappa shape index (κ2) is 9.85. The van der Waals surface area contributed by atoms with Crippen molar-refractivity contribution < 1.29 is 14.3 Å². The molecule has 0 saturated carbocycles. The molecular weight excluding hydrogens is 356 g/mol. The highest BCUT2D eigenvalue weighted by Crippen LogP contribution is 2.11. The Labute approximate surface area is 164 Å². The molecule has 2 aromatic rings. The van der Waals surface area contributed by atoms with Crippen molar-refractivity contribution in [3.05, 3.63) is 65.0 Å². The Hall–Kier alpha value is -2.93. The zero-order chi connectivity index (χ0) is 19.8. The molecule has 28 heavy (non-hydrogen) atoms. The topological polar surface area (TPSA) is 92.4 Å². The fourth-order valence-corrected chi connectivity index (χ4v) is 3.05. The number of benzene rings is 1. The fraction of sp³-hybridized carbons (Fsp3) is 0.381. The first-order chi connectivity index (χ1) is 13.6. The van der Waals surface area contributed by atoms with Gasteiger partial charge in [0.1, 0.15) is 0 Å².